The number of aromatic nitrogens is 1. The van der Waals surface area contributed by atoms with E-state index in [1.165, 1.54) is 0 Å². The molecule has 0 spiro atoms. The first-order valence-corrected chi connectivity index (χ1v) is 7.80. The molecule has 1 N–H and O–H groups in total. The SMILES string of the molecule is CC(C)(C)NCc1cccc(COc2cccc(Br)c2)n1. The second kappa shape index (κ2) is 7.05. The number of nitrogens with one attached hydrogen (secondary N) is 1. The normalized spacial score (nSPS) is 11.4. The van der Waals surface area contributed by atoms with E-state index >= 15 is 0 Å². The lowest BCUT2D eigenvalue weighted by Crippen LogP contribution is -2.35. The van der Waals surface area contributed by atoms with Crippen molar-refractivity contribution in [2.75, 3.05) is 0 Å². The molecule has 0 saturated heterocycles. The van der Waals surface area contributed by atoms with E-state index in [1.807, 2.05) is 42.5 Å². The number of nitrogens with zero attached hydrogens (tertiary/aromatic N) is 1. The molecular formula is C17H21BrN2O. The van der Waals surface area contributed by atoms with Gasteiger partial charge < -0.3 is 10.1 Å². The molecule has 112 valence electrons. The fraction of sp³-hybridized carbons (Fsp3) is 0.353. The minimum absolute atomic E-state index is 0.0878. The Labute approximate surface area is 134 Å². The summed E-state index contributed by atoms with van der Waals surface area (Å²) in [6.07, 6.45) is 0. The lowest BCUT2D eigenvalue weighted by molar-refractivity contribution is 0.300. The van der Waals surface area contributed by atoms with E-state index in [0.717, 1.165) is 28.2 Å². The molecule has 1 heterocycles. The van der Waals surface area contributed by atoms with Gasteiger partial charge in [-0.15, -0.1) is 0 Å². The standard InChI is InChI=1S/C17H21BrN2O/c1-17(2,3)19-11-14-7-5-8-15(20-14)12-21-16-9-4-6-13(18)10-16/h4-10,19H,11-12H2,1-3H3. The van der Waals surface area contributed by atoms with Gasteiger partial charge in [0.2, 0.25) is 0 Å². The maximum absolute atomic E-state index is 5.76. The van der Waals surface area contributed by atoms with Gasteiger partial charge in [-0.1, -0.05) is 28.1 Å². The second-order valence-electron chi connectivity index (χ2n) is 5.97. The molecule has 0 unspecified atom stereocenters. The highest BCUT2D eigenvalue weighted by atomic mass is 79.9. The van der Waals surface area contributed by atoms with Crippen molar-refractivity contribution in [1.29, 1.82) is 0 Å². The van der Waals surface area contributed by atoms with E-state index in [0.29, 0.717) is 6.61 Å². The van der Waals surface area contributed by atoms with Crippen molar-refractivity contribution in [2.45, 2.75) is 39.5 Å². The Balaban J connectivity index is 1.95. The van der Waals surface area contributed by atoms with Crippen molar-refractivity contribution in [1.82, 2.24) is 10.3 Å². The first-order valence-electron chi connectivity index (χ1n) is 7.01. The van der Waals surface area contributed by atoms with E-state index in [2.05, 4.69) is 47.0 Å². The number of ether oxygens (including phenoxy) is 1. The van der Waals surface area contributed by atoms with Crippen LogP contribution in [0.3, 0.4) is 0 Å². The van der Waals surface area contributed by atoms with Crippen LogP contribution in [-0.4, -0.2) is 10.5 Å². The van der Waals surface area contributed by atoms with Gasteiger partial charge in [0.25, 0.3) is 0 Å². The maximum Gasteiger partial charge on any atom is 0.130 e. The maximum atomic E-state index is 5.76. The first kappa shape index (κ1) is 16.0. The molecular weight excluding hydrogens is 328 g/mol. The first-order chi connectivity index (χ1) is 9.92. The summed E-state index contributed by atoms with van der Waals surface area (Å²) in [6, 6.07) is 13.9. The average molecular weight is 349 g/mol. The Morgan fingerprint density at radius 2 is 1.81 bits per heavy atom. The van der Waals surface area contributed by atoms with Gasteiger partial charge in [0.15, 0.2) is 0 Å². The highest BCUT2D eigenvalue weighted by Gasteiger charge is 2.09. The molecule has 1 aromatic carbocycles. The Morgan fingerprint density at radius 1 is 1.10 bits per heavy atom. The van der Waals surface area contributed by atoms with E-state index in [-0.39, 0.29) is 5.54 Å². The molecule has 0 bridgehead atoms. The fourth-order valence-electron chi connectivity index (χ4n) is 1.78. The van der Waals surface area contributed by atoms with Crippen LogP contribution >= 0.6 is 15.9 Å². The predicted molar refractivity (Wildman–Crippen MR) is 89.3 cm³/mol. The quantitative estimate of drug-likeness (QED) is 0.873. The molecule has 0 aliphatic carbocycles. The molecule has 1 aromatic heterocycles. The summed E-state index contributed by atoms with van der Waals surface area (Å²) in [5.74, 6) is 0.837. The molecule has 0 radical (unpaired) electrons. The van der Waals surface area contributed by atoms with Crippen molar-refractivity contribution < 1.29 is 4.74 Å². The lowest BCUT2D eigenvalue weighted by atomic mass is 10.1. The molecule has 4 heteroatoms. The van der Waals surface area contributed by atoms with Crippen LogP contribution in [0, 0.1) is 0 Å². The largest absolute Gasteiger partial charge is 0.487 e. The van der Waals surface area contributed by atoms with Crippen LogP contribution in [0.1, 0.15) is 32.2 Å². The minimum Gasteiger partial charge on any atom is -0.487 e. The van der Waals surface area contributed by atoms with Gasteiger partial charge >= 0.3 is 0 Å². The van der Waals surface area contributed by atoms with Gasteiger partial charge in [-0.25, -0.2) is 0 Å². The van der Waals surface area contributed by atoms with Crippen molar-refractivity contribution >= 4 is 15.9 Å². The van der Waals surface area contributed by atoms with E-state index in [1.54, 1.807) is 0 Å². The zero-order valence-corrected chi connectivity index (χ0v) is 14.3. The van der Waals surface area contributed by atoms with E-state index in [4.69, 9.17) is 4.74 Å². The van der Waals surface area contributed by atoms with Crippen LogP contribution in [0.2, 0.25) is 0 Å². The molecule has 0 amide bonds. The molecule has 2 aromatic rings. The number of benzene rings is 1. The summed E-state index contributed by atoms with van der Waals surface area (Å²) in [7, 11) is 0. The van der Waals surface area contributed by atoms with Crippen LogP contribution in [0.25, 0.3) is 0 Å². The number of halogens is 1. The highest BCUT2D eigenvalue weighted by Crippen LogP contribution is 2.18. The van der Waals surface area contributed by atoms with E-state index in [9.17, 15) is 0 Å². The van der Waals surface area contributed by atoms with Gasteiger partial charge in [-0.05, 0) is 51.1 Å². The summed E-state index contributed by atoms with van der Waals surface area (Å²) in [6.45, 7) is 7.67. The number of rotatable bonds is 5. The zero-order valence-electron chi connectivity index (χ0n) is 12.7. The molecule has 0 aliphatic heterocycles. The van der Waals surface area contributed by atoms with Gasteiger partial charge in [-0.3, -0.25) is 4.98 Å². The Hall–Kier alpha value is -1.39. The van der Waals surface area contributed by atoms with Crippen molar-refractivity contribution in [3.05, 3.63) is 58.3 Å². The Morgan fingerprint density at radius 3 is 2.52 bits per heavy atom. The molecule has 21 heavy (non-hydrogen) atoms. The topological polar surface area (TPSA) is 34.1 Å². The van der Waals surface area contributed by atoms with Crippen molar-refractivity contribution in [2.24, 2.45) is 0 Å². The third-order valence-electron chi connectivity index (χ3n) is 2.85. The van der Waals surface area contributed by atoms with Crippen LogP contribution in [0.15, 0.2) is 46.9 Å². The average Bonchev–Trinajstić information content (AvgIpc) is 2.43. The highest BCUT2D eigenvalue weighted by molar-refractivity contribution is 9.10. The summed E-state index contributed by atoms with van der Waals surface area (Å²) in [4.78, 5) is 4.61. The number of hydrogen-bond donors (Lipinski definition) is 1. The van der Waals surface area contributed by atoms with Crippen LogP contribution < -0.4 is 10.1 Å². The lowest BCUT2D eigenvalue weighted by Gasteiger charge is -2.20. The molecule has 3 nitrogen and oxygen atoms in total. The number of pyridine rings is 1. The summed E-state index contributed by atoms with van der Waals surface area (Å²) in [5, 5.41) is 3.44. The van der Waals surface area contributed by atoms with E-state index < -0.39 is 0 Å². The summed E-state index contributed by atoms with van der Waals surface area (Å²) >= 11 is 3.44. The second-order valence-corrected chi connectivity index (χ2v) is 6.89. The molecule has 0 atom stereocenters. The summed E-state index contributed by atoms with van der Waals surface area (Å²) in [5.41, 5.74) is 2.05. The van der Waals surface area contributed by atoms with Gasteiger partial charge in [0.05, 0.1) is 11.4 Å². The molecule has 0 aliphatic rings. The fourth-order valence-corrected chi connectivity index (χ4v) is 2.16. The molecule has 2 rings (SSSR count). The van der Waals surface area contributed by atoms with Crippen LogP contribution in [0.5, 0.6) is 5.75 Å². The Kier molecular flexibility index (Phi) is 5.37. The smallest absolute Gasteiger partial charge is 0.130 e. The van der Waals surface area contributed by atoms with Crippen LogP contribution in [-0.2, 0) is 13.2 Å². The third kappa shape index (κ3) is 5.86. The zero-order chi connectivity index (χ0) is 15.3. The number of hydrogen-bond acceptors (Lipinski definition) is 3. The minimum atomic E-state index is 0.0878. The Bertz CT molecular complexity index is 593. The van der Waals surface area contributed by atoms with Crippen molar-refractivity contribution in [3.63, 3.8) is 0 Å². The summed E-state index contributed by atoms with van der Waals surface area (Å²) < 4.78 is 6.77. The van der Waals surface area contributed by atoms with Gasteiger partial charge in [0.1, 0.15) is 12.4 Å². The van der Waals surface area contributed by atoms with Gasteiger partial charge in [-0.2, -0.15) is 0 Å². The molecule has 0 saturated carbocycles. The van der Waals surface area contributed by atoms with Gasteiger partial charge in [0, 0.05) is 16.6 Å². The third-order valence-corrected chi connectivity index (χ3v) is 3.34. The molecule has 0 fully saturated rings. The van der Waals surface area contributed by atoms with Crippen LogP contribution in [0.4, 0.5) is 0 Å². The predicted octanol–water partition coefficient (Wildman–Crippen LogP) is 4.31. The monoisotopic (exact) mass is 348 g/mol. The van der Waals surface area contributed by atoms with Crippen molar-refractivity contribution in [3.8, 4) is 5.75 Å².